The Kier molecular flexibility index (Phi) is 19.6. The number of methoxy groups -OCH3 is 2. The second-order valence-electron chi connectivity index (χ2n) is 16.8. The lowest BCUT2D eigenvalue weighted by atomic mass is 9.80. The van der Waals surface area contributed by atoms with Gasteiger partial charge in [0.15, 0.2) is 11.5 Å². The van der Waals surface area contributed by atoms with Gasteiger partial charge in [-0.15, -0.1) is 0 Å². The fraction of sp³-hybridized carbons (Fsp3) is 0.714. The predicted molar refractivity (Wildman–Crippen MR) is 213 cm³/mol. The number of rotatable bonds is 23. The van der Waals surface area contributed by atoms with Crippen molar-refractivity contribution in [1.29, 1.82) is 0 Å². The van der Waals surface area contributed by atoms with Crippen molar-refractivity contribution in [3.05, 3.63) is 35.9 Å². The summed E-state index contributed by atoms with van der Waals surface area (Å²) in [4.78, 5) is 53.3. The summed E-state index contributed by atoms with van der Waals surface area (Å²) in [5.41, 5.74) is 5.30. The van der Waals surface area contributed by atoms with Crippen molar-refractivity contribution in [2.75, 3.05) is 47.3 Å². The molecule has 3 amide bonds. The maximum Gasteiger partial charge on any atom is 0.415 e. The molecule has 1 fully saturated rings. The van der Waals surface area contributed by atoms with Crippen molar-refractivity contribution < 1.29 is 52.3 Å². The molecule has 318 valence electrons. The Labute approximate surface area is 334 Å². The molecule has 3 N–H and O–H groups in total. The zero-order valence-electron chi connectivity index (χ0n) is 35.8. The van der Waals surface area contributed by atoms with Crippen LogP contribution in [0.25, 0.3) is 0 Å². The SMILES string of the molecule is COCCCOc1cc(CC(CC2C(CC(C(=O)NCC(C)(C)C(N)=O)C(C)C)OCN2C(=O)OC(C)OC(=O)C=CCOC(C)(C)C)C(C)C)ccc1OC. The number of ether oxygens (including phenoxy) is 7. The van der Waals surface area contributed by atoms with E-state index in [9.17, 15) is 19.2 Å². The number of carbonyl (C=O) groups excluding carboxylic acids is 4. The average molecular weight is 792 g/mol. The van der Waals surface area contributed by atoms with Gasteiger partial charge in [0.1, 0.15) is 6.73 Å². The van der Waals surface area contributed by atoms with E-state index < -0.39 is 47.7 Å². The molecule has 5 atom stereocenters. The molecule has 56 heavy (non-hydrogen) atoms. The summed E-state index contributed by atoms with van der Waals surface area (Å²) in [5, 5.41) is 2.91. The summed E-state index contributed by atoms with van der Waals surface area (Å²) < 4.78 is 39.7. The standard InChI is InChI=1S/C42H69N3O11/c1-27(2)31(21-30-16-17-34(51-12)36(22-30)52-19-14-18-50-11)23-33-35(24-32(28(3)4)38(47)44-25-42(9,10)39(43)48)53-26-45(33)40(49)56-29(5)55-37(46)15-13-20-54-41(6,7)8/h13,15-17,22,27-29,31-33,35H,14,18-21,23-26H2,1-12H3,(H2,43,48)(H,44,47). The molecule has 14 heteroatoms. The van der Waals surface area contributed by atoms with Crippen LogP contribution in [0.3, 0.4) is 0 Å². The summed E-state index contributed by atoms with van der Waals surface area (Å²) in [7, 11) is 3.26. The van der Waals surface area contributed by atoms with Crippen molar-refractivity contribution in [2.24, 2.45) is 34.8 Å². The molecule has 0 radical (unpaired) electrons. The highest BCUT2D eigenvalue weighted by Gasteiger charge is 2.43. The molecule has 0 aliphatic carbocycles. The summed E-state index contributed by atoms with van der Waals surface area (Å²) in [6.07, 6.45) is 2.59. The van der Waals surface area contributed by atoms with Crippen LogP contribution in [0.15, 0.2) is 30.4 Å². The summed E-state index contributed by atoms with van der Waals surface area (Å²) >= 11 is 0. The molecule has 0 bridgehead atoms. The Morgan fingerprint density at radius 2 is 1.66 bits per heavy atom. The first kappa shape index (κ1) is 48.3. The Bertz CT molecular complexity index is 1440. The number of amides is 3. The quantitative estimate of drug-likeness (QED) is 0.0574. The first-order valence-corrected chi connectivity index (χ1v) is 19.6. The number of nitrogens with one attached hydrogen (secondary N) is 1. The van der Waals surface area contributed by atoms with Gasteiger partial charge < -0.3 is 44.2 Å². The van der Waals surface area contributed by atoms with Gasteiger partial charge in [0.05, 0.1) is 43.5 Å². The smallest absolute Gasteiger partial charge is 0.415 e. The maximum absolute atomic E-state index is 13.8. The third-order valence-electron chi connectivity index (χ3n) is 9.87. The van der Waals surface area contributed by atoms with E-state index in [-0.39, 0.29) is 49.1 Å². The van der Waals surface area contributed by atoms with Crippen LogP contribution in [-0.4, -0.2) is 100 Å². The second-order valence-corrected chi connectivity index (χ2v) is 16.8. The normalized spacial score (nSPS) is 17.9. The number of nitrogens with two attached hydrogens (primary N) is 1. The molecule has 1 saturated heterocycles. The molecule has 1 aliphatic heterocycles. The lowest BCUT2D eigenvalue weighted by molar-refractivity contribution is -0.160. The first-order valence-electron chi connectivity index (χ1n) is 19.6. The molecule has 1 aromatic carbocycles. The summed E-state index contributed by atoms with van der Waals surface area (Å²) in [6.45, 7) is 20.0. The molecule has 1 aromatic rings. The molecule has 1 heterocycles. The van der Waals surface area contributed by atoms with Crippen molar-refractivity contribution in [1.82, 2.24) is 10.2 Å². The van der Waals surface area contributed by atoms with Gasteiger partial charge in [-0.05, 0) is 89.3 Å². The van der Waals surface area contributed by atoms with Gasteiger partial charge >= 0.3 is 12.1 Å². The highest BCUT2D eigenvalue weighted by atomic mass is 16.7. The molecule has 0 saturated carbocycles. The van der Waals surface area contributed by atoms with Gasteiger partial charge in [-0.2, -0.15) is 0 Å². The Balaban J connectivity index is 2.35. The van der Waals surface area contributed by atoms with Gasteiger partial charge in [-0.25, -0.2) is 9.59 Å². The predicted octanol–water partition coefficient (Wildman–Crippen LogP) is 6.03. The topological polar surface area (TPSA) is 174 Å². The highest BCUT2D eigenvalue weighted by Crippen LogP contribution is 2.36. The third kappa shape index (κ3) is 16.3. The molecular formula is C42H69N3O11. The number of benzene rings is 1. The minimum Gasteiger partial charge on any atom is -0.493 e. The lowest BCUT2D eigenvalue weighted by Crippen LogP contribution is -2.47. The van der Waals surface area contributed by atoms with Crippen molar-refractivity contribution >= 4 is 23.9 Å². The van der Waals surface area contributed by atoms with Crippen LogP contribution in [0.4, 0.5) is 4.79 Å². The lowest BCUT2D eigenvalue weighted by Gasteiger charge is -2.33. The van der Waals surface area contributed by atoms with E-state index in [1.807, 2.05) is 52.8 Å². The molecule has 1 aliphatic rings. The van der Waals surface area contributed by atoms with Gasteiger partial charge in [0.25, 0.3) is 0 Å². The average Bonchev–Trinajstić information content (AvgIpc) is 3.51. The van der Waals surface area contributed by atoms with E-state index in [4.69, 9.17) is 38.9 Å². The van der Waals surface area contributed by atoms with Crippen molar-refractivity contribution in [3.8, 4) is 11.5 Å². The van der Waals surface area contributed by atoms with Gasteiger partial charge in [0, 0.05) is 45.6 Å². The Morgan fingerprint density at radius 1 is 0.964 bits per heavy atom. The number of esters is 1. The fourth-order valence-electron chi connectivity index (χ4n) is 6.16. The van der Waals surface area contributed by atoms with Crippen LogP contribution in [0, 0.1) is 29.1 Å². The van der Waals surface area contributed by atoms with Crippen LogP contribution >= 0.6 is 0 Å². The van der Waals surface area contributed by atoms with Crippen LogP contribution in [0.1, 0.15) is 94.1 Å². The van der Waals surface area contributed by atoms with Crippen LogP contribution in [0.2, 0.25) is 0 Å². The third-order valence-corrected chi connectivity index (χ3v) is 9.87. The summed E-state index contributed by atoms with van der Waals surface area (Å²) in [6, 6.07) is 5.41. The van der Waals surface area contributed by atoms with Crippen LogP contribution < -0.4 is 20.5 Å². The van der Waals surface area contributed by atoms with E-state index in [1.165, 1.54) is 17.9 Å². The molecule has 0 spiro atoms. The zero-order valence-corrected chi connectivity index (χ0v) is 35.8. The second kappa shape index (κ2) is 22.8. The van der Waals surface area contributed by atoms with Crippen molar-refractivity contribution in [3.63, 3.8) is 0 Å². The van der Waals surface area contributed by atoms with Crippen molar-refractivity contribution in [2.45, 2.75) is 119 Å². The number of nitrogens with zero attached hydrogens (tertiary/aromatic N) is 1. The van der Waals surface area contributed by atoms with Gasteiger partial charge in [0.2, 0.25) is 18.1 Å². The molecule has 0 aromatic heterocycles. The number of hydrogen-bond donors (Lipinski definition) is 2. The van der Waals surface area contributed by atoms with E-state index in [2.05, 4.69) is 19.2 Å². The zero-order chi connectivity index (χ0) is 42.2. The van der Waals surface area contributed by atoms with E-state index in [0.29, 0.717) is 44.0 Å². The number of primary amides is 1. The highest BCUT2D eigenvalue weighted by molar-refractivity contribution is 5.83. The Morgan fingerprint density at radius 3 is 2.25 bits per heavy atom. The minimum absolute atomic E-state index is 0.0626. The monoisotopic (exact) mass is 791 g/mol. The molecular weight excluding hydrogens is 722 g/mol. The minimum atomic E-state index is -1.19. The Hall–Kier alpha value is -3.88. The molecule has 14 nitrogen and oxygen atoms in total. The summed E-state index contributed by atoms with van der Waals surface area (Å²) in [5.74, 6) is -0.470. The largest absolute Gasteiger partial charge is 0.493 e. The fourth-order valence-corrected chi connectivity index (χ4v) is 6.16. The van der Waals surface area contributed by atoms with Gasteiger partial charge in [-0.3, -0.25) is 14.5 Å². The molecule has 5 unspecified atom stereocenters. The number of hydrogen-bond acceptors (Lipinski definition) is 11. The van der Waals surface area contributed by atoms with E-state index in [0.717, 1.165) is 12.0 Å². The van der Waals surface area contributed by atoms with Crippen LogP contribution in [-0.2, 0) is 44.5 Å². The van der Waals surface area contributed by atoms with Crippen LogP contribution in [0.5, 0.6) is 11.5 Å². The van der Waals surface area contributed by atoms with Gasteiger partial charge in [-0.1, -0.05) is 39.8 Å². The maximum atomic E-state index is 13.8. The van der Waals surface area contributed by atoms with E-state index in [1.54, 1.807) is 34.1 Å². The van der Waals surface area contributed by atoms with E-state index >= 15 is 0 Å². The first-order chi connectivity index (χ1) is 26.2. The number of carbonyl (C=O) groups is 4. The molecule has 2 rings (SSSR count).